The summed E-state index contributed by atoms with van der Waals surface area (Å²) in [5.41, 5.74) is 9.66. The van der Waals surface area contributed by atoms with Gasteiger partial charge >= 0.3 is 0 Å². The van der Waals surface area contributed by atoms with Gasteiger partial charge in [-0.2, -0.15) is 0 Å². The van der Waals surface area contributed by atoms with Crippen molar-refractivity contribution in [2.24, 2.45) is 0 Å². The number of fused-ring (bicyclic) bond motifs is 3. The molecule has 21 heavy (non-hydrogen) atoms. The van der Waals surface area contributed by atoms with Gasteiger partial charge in [-0.25, -0.2) is 9.97 Å². The number of para-hydroxylation sites is 1. The Morgan fingerprint density at radius 2 is 1.71 bits per heavy atom. The van der Waals surface area contributed by atoms with Crippen LogP contribution < -0.4 is 5.73 Å². The monoisotopic (exact) mass is 338 g/mol. The highest BCUT2D eigenvalue weighted by atomic mass is 79.9. The summed E-state index contributed by atoms with van der Waals surface area (Å²) in [4.78, 5) is 9.15. The Morgan fingerprint density at radius 3 is 2.52 bits per heavy atom. The Hall–Kier alpha value is -2.40. The smallest absolute Gasteiger partial charge is 0.206 e. The van der Waals surface area contributed by atoms with Gasteiger partial charge in [0.2, 0.25) is 5.95 Å². The first kappa shape index (κ1) is 12.3. The van der Waals surface area contributed by atoms with Crippen LogP contribution in [-0.4, -0.2) is 14.4 Å². The number of imidazole rings is 1. The Kier molecular flexibility index (Phi) is 2.68. The zero-order chi connectivity index (χ0) is 14.4. The maximum absolute atomic E-state index is 6.04. The maximum Gasteiger partial charge on any atom is 0.206 e. The second-order valence-electron chi connectivity index (χ2n) is 4.81. The zero-order valence-electron chi connectivity index (χ0n) is 11.0. The van der Waals surface area contributed by atoms with Crippen LogP contribution in [0.1, 0.15) is 0 Å². The lowest BCUT2D eigenvalue weighted by Gasteiger charge is -2.02. The minimum atomic E-state index is 0.444. The van der Waals surface area contributed by atoms with Crippen LogP contribution in [0.2, 0.25) is 0 Å². The van der Waals surface area contributed by atoms with Gasteiger partial charge in [-0.3, -0.25) is 4.40 Å². The summed E-state index contributed by atoms with van der Waals surface area (Å²) in [6.45, 7) is 0. The lowest BCUT2D eigenvalue weighted by atomic mass is 10.2. The van der Waals surface area contributed by atoms with Crippen LogP contribution in [0.25, 0.3) is 27.8 Å². The molecule has 0 unspecified atom stereocenters. The quantitative estimate of drug-likeness (QED) is 0.572. The van der Waals surface area contributed by atoms with E-state index in [1.807, 2.05) is 59.1 Å². The molecule has 2 aromatic carbocycles. The first-order valence-corrected chi connectivity index (χ1v) is 7.31. The molecule has 0 radical (unpaired) electrons. The van der Waals surface area contributed by atoms with Crippen molar-refractivity contribution in [1.82, 2.24) is 14.4 Å². The molecule has 0 saturated carbocycles. The van der Waals surface area contributed by atoms with Crippen LogP contribution in [-0.2, 0) is 0 Å². The number of hydrogen-bond donors (Lipinski definition) is 1. The van der Waals surface area contributed by atoms with Crippen molar-refractivity contribution in [2.45, 2.75) is 0 Å². The minimum absolute atomic E-state index is 0.444. The van der Waals surface area contributed by atoms with Crippen LogP contribution >= 0.6 is 15.9 Å². The van der Waals surface area contributed by atoms with E-state index in [9.17, 15) is 0 Å². The van der Waals surface area contributed by atoms with Crippen molar-refractivity contribution in [3.63, 3.8) is 0 Å². The predicted octanol–water partition coefficient (Wildman–Crippen LogP) is 3.89. The van der Waals surface area contributed by atoms with Gasteiger partial charge in [0.05, 0.1) is 11.2 Å². The molecule has 5 heteroatoms. The highest BCUT2D eigenvalue weighted by molar-refractivity contribution is 9.10. The molecule has 0 spiro atoms. The van der Waals surface area contributed by atoms with Crippen LogP contribution in [0.3, 0.4) is 0 Å². The molecule has 0 aliphatic rings. The second-order valence-corrected chi connectivity index (χ2v) is 5.73. The molecule has 0 aliphatic heterocycles. The molecular weight excluding hydrogens is 328 g/mol. The molecule has 0 saturated heterocycles. The van der Waals surface area contributed by atoms with E-state index in [0.29, 0.717) is 5.95 Å². The molecule has 0 amide bonds. The van der Waals surface area contributed by atoms with Gasteiger partial charge in [0.25, 0.3) is 0 Å². The number of nitrogens with two attached hydrogens (primary N) is 1. The summed E-state index contributed by atoms with van der Waals surface area (Å²) in [6.07, 6.45) is 1.92. The summed E-state index contributed by atoms with van der Waals surface area (Å²) >= 11 is 3.44. The predicted molar refractivity (Wildman–Crippen MR) is 88.0 cm³/mol. The molecule has 2 aromatic heterocycles. The third kappa shape index (κ3) is 1.97. The van der Waals surface area contributed by atoms with Crippen molar-refractivity contribution < 1.29 is 0 Å². The van der Waals surface area contributed by atoms with E-state index in [2.05, 4.69) is 20.9 Å². The fraction of sp³-hybridized carbons (Fsp3) is 0. The van der Waals surface area contributed by atoms with Crippen molar-refractivity contribution in [1.29, 1.82) is 0 Å². The van der Waals surface area contributed by atoms with Gasteiger partial charge in [-0.1, -0.05) is 40.2 Å². The third-order valence-corrected chi connectivity index (χ3v) is 4.00. The number of nitrogens with zero attached hydrogens (tertiary/aromatic N) is 3. The molecule has 102 valence electrons. The molecule has 2 N–H and O–H groups in total. The average molecular weight is 339 g/mol. The molecule has 0 bridgehead atoms. The molecule has 0 atom stereocenters. The van der Waals surface area contributed by atoms with Gasteiger partial charge in [0.1, 0.15) is 5.65 Å². The second kappa shape index (κ2) is 4.56. The summed E-state index contributed by atoms with van der Waals surface area (Å²) in [5.74, 6) is 0.444. The van der Waals surface area contributed by atoms with Crippen molar-refractivity contribution in [2.75, 3.05) is 5.73 Å². The summed E-state index contributed by atoms with van der Waals surface area (Å²) in [5, 5.41) is 0.995. The van der Waals surface area contributed by atoms with Gasteiger partial charge in [-0.15, -0.1) is 0 Å². The Balaban J connectivity index is 2.03. The highest BCUT2D eigenvalue weighted by Crippen LogP contribution is 2.26. The zero-order valence-corrected chi connectivity index (χ0v) is 12.6. The van der Waals surface area contributed by atoms with Crippen molar-refractivity contribution >= 4 is 38.4 Å². The summed E-state index contributed by atoms with van der Waals surface area (Å²) < 4.78 is 2.88. The highest BCUT2D eigenvalue weighted by Gasteiger charge is 2.10. The SMILES string of the molecule is Nc1nc2ccccc2c2nc(-c3ccc(Br)cc3)cn12. The van der Waals surface area contributed by atoms with Crippen molar-refractivity contribution in [3.8, 4) is 11.3 Å². The number of aromatic nitrogens is 3. The standard InChI is InChI=1S/C16H11BrN4/c17-11-7-5-10(6-8-11)14-9-21-15(19-14)12-3-1-2-4-13(12)20-16(21)18/h1-9H,(H2,18,20). The van der Waals surface area contributed by atoms with E-state index in [-0.39, 0.29) is 0 Å². The average Bonchev–Trinajstić information content (AvgIpc) is 2.94. The Bertz CT molecular complexity index is 957. The summed E-state index contributed by atoms with van der Waals surface area (Å²) in [7, 11) is 0. The van der Waals surface area contributed by atoms with Gasteiger partial charge in [0.15, 0.2) is 0 Å². The van der Waals surface area contributed by atoms with E-state index in [1.54, 1.807) is 0 Å². The topological polar surface area (TPSA) is 56.2 Å². The number of benzene rings is 2. The van der Waals surface area contributed by atoms with E-state index in [1.165, 1.54) is 0 Å². The fourth-order valence-corrected chi connectivity index (χ4v) is 2.71. The van der Waals surface area contributed by atoms with Gasteiger partial charge < -0.3 is 5.73 Å². The van der Waals surface area contributed by atoms with Gasteiger partial charge in [0, 0.05) is 21.6 Å². The molecule has 2 heterocycles. The Morgan fingerprint density at radius 1 is 0.952 bits per heavy atom. The first-order chi connectivity index (χ1) is 10.2. The summed E-state index contributed by atoms with van der Waals surface area (Å²) in [6, 6.07) is 15.9. The maximum atomic E-state index is 6.04. The Labute approximate surface area is 129 Å². The number of hydrogen-bond acceptors (Lipinski definition) is 3. The van der Waals surface area contributed by atoms with Gasteiger partial charge in [-0.05, 0) is 24.3 Å². The fourth-order valence-electron chi connectivity index (χ4n) is 2.44. The normalized spacial score (nSPS) is 11.3. The molecule has 0 fully saturated rings. The lowest BCUT2D eigenvalue weighted by Crippen LogP contribution is -2.00. The number of rotatable bonds is 1. The molecule has 4 nitrogen and oxygen atoms in total. The van der Waals surface area contributed by atoms with E-state index in [4.69, 9.17) is 10.7 Å². The van der Waals surface area contributed by atoms with Crippen LogP contribution in [0.4, 0.5) is 5.95 Å². The molecular formula is C16H11BrN4. The number of anilines is 1. The molecule has 0 aliphatic carbocycles. The van der Waals surface area contributed by atoms with E-state index < -0.39 is 0 Å². The van der Waals surface area contributed by atoms with Crippen molar-refractivity contribution in [3.05, 3.63) is 59.2 Å². The van der Waals surface area contributed by atoms with E-state index in [0.717, 1.165) is 32.3 Å². The molecule has 4 aromatic rings. The molecule has 4 rings (SSSR count). The van der Waals surface area contributed by atoms with Crippen LogP contribution in [0, 0.1) is 0 Å². The van der Waals surface area contributed by atoms with E-state index >= 15 is 0 Å². The minimum Gasteiger partial charge on any atom is -0.369 e. The van der Waals surface area contributed by atoms with Crippen LogP contribution in [0.5, 0.6) is 0 Å². The number of halogens is 1. The largest absolute Gasteiger partial charge is 0.369 e. The van der Waals surface area contributed by atoms with Crippen LogP contribution in [0.15, 0.2) is 59.2 Å². The number of nitrogen functional groups attached to an aromatic ring is 1. The lowest BCUT2D eigenvalue weighted by molar-refractivity contribution is 1.14. The first-order valence-electron chi connectivity index (χ1n) is 6.51. The third-order valence-electron chi connectivity index (χ3n) is 3.47.